The maximum absolute atomic E-state index is 14.9. The van der Waals surface area contributed by atoms with Crippen molar-refractivity contribution in [3.8, 4) is 5.75 Å². The number of sulfonamides is 1. The van der Waals surface area contributed by atoms with E-state index in [-0.39, 0.29) is 16.5 Å². The first kappa shape index (κ1) is 21.8. The highest BCUT2D eigenvalue weighted by Crippen LogP contribution is 2.29. The molecule has 0 aliphatic rings. The molecule has 0 spiro atoms. The molecule has 2 heterocycles. The summed E-state index contributed by atoms with van der Waals surface area (Å²) in [5, 5.41) is 3.02. The Balaban J connectivity index is 1.90. The van der Waals surface area contributed by atoms with Gasteiger partial charge in [-0.15, -0.1) is 0 Å². The molecule has 0 radical (unpaired) electrons. The highest BCUT2D eigenvalue weighted by Gasteiger charge is 2.22. The Morgan fingerprint density at radius 1 is 1.33 bits per heavy atom. The molecule has 30 heavy (non-hydrogen) atoms. The van der Waals surface area contributed by atoms with Crippen LogP contribution in [-0.4, -0.2) is 36.7 Å². The molecule has 0 fully saturated rings. The number of H-pyrrole nitrogens is 1. The van der Waals surface area contributed by atoms with Gasteiger partial charge in [-0.2, -0.15) is 0 Å². The zero-order valence-electron chi connectivity index (χ0n) is 16.3. The van der Waals surface area contributed by atoms with Crippen molar-refractivity contribution in [2.45, 2.75) is 20.3 Å². The minimum atomic E-state index is -3.74. The van der Waals surface area contributed by atoms with Crippen LogP contribution >= 0.6 is 11.6 Å². The Morgan fingerprint density at radius 2 is 2.10 bits per heavy atom. The molecule has 0 saturated carbocycles. The van der Waals surface area contributed by atoms with Crippen LogP contribution in [0.1, 0.15) is 30.6 Å². The van der Waals surface area contributed by atoms with Crippen molar-refractivity contribution in [1.82, 2.24) is 9.97 Å². The lowest BCUT2D eigenvalue weighted by molar-refractivity contribution is 0.102. The number of fused-ring (bicyclic) bond motifs is 1. The van der Waals surface area contributed by atoms with Crippen molar-refractivity contribution >= 4 is 49.9 Å². The number of halogens is 2. The fraction of sp³-hybridized carbons (Fsp3) is 0.263. The maximum atomic E-state index is 14.9. The van der Waals surface area contributed by atoms with Crippen LogP contribution < -0.4 is 14.8 Å². The summed E-state index contributed by atoms with van der Waals surface area (Å²) < 4.78 is 46.5. The first-order valence-electron chi connectivity index (χ1n) is 9.15. The highest BCUT2D eigenvalue weighted by molar-refractivity contribution is 7.92. The topological polar surface area (TPSA) is 113 Å². The Morgan fingerprint density at radius 3 is 2.80 bits per heavy atom. The van der Waals surface area contributed by atoms with E-state index in [0.29, 0.717) is 35.5 Å². The number of aromatic nitrogens is 2. The minimum Gasteiger partial charge on any atom is -0.492 e. The second kappa shape index (κ2) is 8.88. The molecule has 0 unspecified atom stereocenters. The molecule has 3 aromatic rings. The van der Waals surface area contributed by atoms with E-state index in [1.54, 1.807) is 19.2 Å². The number of anilines is 2. The SMILES string of the molecule is CCCS(=O)(=O)Nc1ccc(Cl)c(C(=O)Nc2cnc3[nH]cc(OCC)c3c2)c1F. The van der Waals surface area contributed by atoms with Crippen molar-refractivity contribution in [2.75, 3.05) is 22.4 Å². The molecule has 3 N–H and O–H groups in total. The van der Waals surface area contributed by atoms with Gasteiger partial charge in [-0.1, -0.05) is 18.5 Å². The summed E-state index contributed by atoms with van der Waals surface area (Å²) in [6, 6.07) is 4.05. The van der Waals surface area contributed by atoms with E-state index in [1.807, 2.05) is 6.92 Å². The van der Waals surface area contributed by atoms with E-state index in [9.17, 15) is 17.6 Å². The Hall–Kier alpha value is -2.85. The van der Waals surface area contributed by atoms with E-state index < -0.39 is 27.3 Å². The van der Waals surface area contributed by atoms with Gasteiger partial charge in [-0.25, -0.2) is 17.8 Å². The van der Waals surface area contributed by atoms with Gasteiger partial charge in [0.1, 0.15) is 11.4 Å². The van der Waals surface area contributed by atoms with E-state index in [1.165, 1.54) is 18.3 Å². The lowest BCUT2D eigenvalue weighted by Gasteiger charge is -2.13. The standard InChI is InChI=1S/C19H20ClFN4O4S/c1-3-7-30(27,28)25-14-6-5-13(20)16(17(14)21)19(26)24-11-8-12-15(29-4-2)10-23-18(12)22-9-11/h5-6,8-10,25H,3-4,7H2,1-2H3,(H,22,23)(H,24,26). The number of carbonyl (C=O) groups excluding carboxylic acids is 1. The number of rotatable bonds is 8. The number of aromatic amines is 1. The smallest absolute Gasteiger partial charge is 0.260 e. The number of nitrogens with zero attached hydrogens (tertiary/aromatic N) is 1. The molecule has 8 nitrogen and oxygen atoms in total. The first-order valence-corrected chi connectivity index (χ1v) is 11.2. The average Bonchev–Trinajstić information content (AvgIpc) is 3.07. The van der Waals surface area contributed by atoms with E-state index >= 15 is 0 Å². The van der Waals surface area contributed by atoms with Gasteiger partial charge >= 0.3 is 0 Å². The van der Waals surface area contributed by atoms with Crippen LogP contribution in [0.25, 0.3) is 11.0 Å². The van der Waals surface area contributed by atoms with Crippen LogP contribution in [-0.2, 0) is 10.0 Å². The van der Waals surface area contributed by atoms with Crippen LogP contribution in [0.4, 0.5) is 15.8 Å². The molecular formula is C19H20ClFN4O4S. The Bertz CT molecular complexity index is 1200. The van der Waals surface area contributed by atoms with E-state index in [0.717, 1.165) is 0 Å². The lowest BCUT2D eigenvalue weighted by atomic mass is 10.1. The number of hydrogen-bond acceptors (Lipinski definition) is 5. The molecule has 0 aliphatic heterocycles. The second-order valence-electron chi connectivity index (χ2n) is 6.37. The number of ether oxygens (including phenoxy) is 1. The molecule has 1 amide bonds. The fourth-order valence-corrected chi connectivity index (χ4v) is 4.21. The van der Waals surface area contributed by atoms with Crippen LogP contribution in [0, 0.1) is 5.82 Å². The normalized spacial score (nSPS) is 11.5. The van der Waals surface area contributed by atoms with Crippen LogP contribution in [0.5, 0.6) is 5.75 Å². The maximum Gasteiger partial charge on any atom is 0.260 e. The number of carbonyl (C=O) groups is 1. The third kappa shape index (κ3) is 4.65. The first-order chi connectivity index (χ1) is 14.3. The number of pyridine rings is 1. The molecule has 3 rings (SSSR count). The third-order valence-corrected chi connectivity index (χ3v) is 5.90. The van der Waals surface area contributed by atoms with Crippen molar-refractivity contribution in [3.63, 3.8) is 0 Å². The predicted octanol–water partition coefficient (Wildman–Crippen LogP) is 4.16. The predicted molar refractivity (Wildman–Crippen MR) is 114 cm³/mol. The number of hydrogen-bond donors (Lipinski definition) is 3. The summed E-state index contributed by atoms with van der Waals surface area (Å²) >= 11 is 6.02. The fourth-order valence-electron chi connectivity index (χ4n) is 2.84. The van der Waals surface area contributed by atoms with Gasteiger partial charge in [0.25, 0.3) is 5.91 Å². The molecule has 2 aromatic heterocycles. The molecule has 1 aromatic carbocycles. The van der Waals surface area contributed by atoms with Gasteiger partial charge in [0.15, 0.2) is 5.82 Å². The van der Waals surface area contributed by atoms with E-state index in [4.69, 9.17) is 16.3 Å². The van der Waals surface area contributed by atoms with Crippen molar-refractivity contribution < 1.29 is 22.3 Å². The van der Waals surface area contributed by atoms with Crippen LogP contribution in [0.3, 0.4) is 0 Å². The third-order valence-electron chi connectivity index (χ3n) is 4.11. The van der Waals surface area contributed by atoms with Gasteiger partial charge in [0.2, 0.25) is 10.0 Å². The number of amides is 1. The second-order valence-corrected chi connectivity index (χ2v) is 8.61. The Kier molecular flexibility index (Phi) is 6.47. The van der Waals surface area contributed by atoms with Gasteiger partial charge in [0, 0.05) is 6.20 Å². The number of benzene rings is 1. The largest absolute Gasteiger partial charge is 0.492 e. The summed E-state index contributed by atoms with van der Waals surface area (Å²) in [5.74, 6) is -1.53. The Labute approximate surface area is 177 Å². The molecule has 0 saturated heterocycles. The molecule has 11 heteroatoms. The summed E-state index contributed by atoms with van der Waals surface area (Å²) in [5.41, 5.74) is 0.0249. The van der Waals surface area contributed by atoms with Gasteiger partial charge in [-0.3, -0.25) is 9.52 Å². The average molecular weight is 455 g/mol. The van der Waals surface area contributed by atoms with Crippen molar-refractivity contribution in [3.05, 3.63) is 47.0 Å². The lowest BCUT2D eigenvalue weighted by Crippen LogP contribution is -2.20. The van der Waals surface area contributed by atoms with Gasteiger partial charge < -0.3 is 15.0 Å². The highest BCUT2D eigenvalue weighted by atomic mass is 35.5. The van der Waals surface area contributed by atoms with Crippen LogP contribution in [0.15, 0.2) is 30.6 Å². The summed E-state index contributed by atoms with van der Waals surface area (Å²) in [4.78, 5) is 19.8. The summed E-state index contributed by atoms with van der Waals surface area (Å²) in [6.45, 7) is 3.97. The molecule has 0 atom stereocenters. The summed E-state index contributed by atoms with van der Waals surface area (Å²) in [7, 11) is -3.74. The molecular weight excluding hydrogens is 435 g/mol. The molecule has 0 aliphatic carbocycles. The molecule has 0 bridgehead atoms. The van der Waals surface area contributed by atoms with E-state index in [2.05, 4.69) is 20.0 Å². The quantitative estimate of drug-likeness (QED) is 0.473. The summed E-state index contributed by atoms with van der Waals surface area (Å²) in [6.07, 6.45) is 3.40. The number of nitrogens with one attached hydrogen (secondary N) is 3. The minimum absolute atomic E-state index is 0.158. The van der Waals surface area contributed by atoms with Crippen molar-refractivity contribution in [2.24, 2.45) is 0 Å². The zero-order chi connectivity index (χ0) is 21.9. The van der Waals surface area contributed by atoms with Crippen LogP contribution in [0.2, 0.25) is 5.02 Å². The monoisotopic (exact) mass is 454 g/mol. The zero-order valence-corrected chi connectivity index (χ0v) is 17.8. The van der Waals surface area contributed by atoms with Gasteiger partial charge in [0.05, 0.1) is 45.9 Å². The molecule has 160 valence electrons. The van der Waals surface area contributed by atoms with Gasteiger partial charge in [-0.05, 0) is 31.5 Å². The van der Waals surface area contributed by atoms with Crippen molar-refractivity contribution in [1.29, 1.82) is 0 Å².